The van der Waals surface area contributed by atoms with Gasteiger partial charge in [0.15, 0.2) is 0 Å². The fourth-order valence-electron chi connectivity index (χ4n) is 7.05. The maximum absolute atomic E-state index is 12.8. The van der Waals surface area contributed by atoms with E-state index in [4.69, 9.17) is 65.8 Å². The molecule has 2 aromatic carbocycles. The van der Waals surface area contributed by atoms with E-state index >= 15 is 0 Å². The van der Waals surface area contributed by atoms with Gasteiger partial charge in [0.25, 0.3) is 0 Å². The third-order valence-electron chi connectivity index (χ3n) is 9.43. The highest BCUT2D eigenvalue weighted by atomic mass is 35.5. The Kier molecular flexibility index (Phi) is 11.0. The van der Waals surface area contributed by atoms with E-state index in [0.29, 0.717) is 59.4 Å². The molecule has 2 amide bonds. The van der Waals surface area contributed by atoms with Gasteiger partial charge in [0.1, 0.15) is 22.9 Å². The monoisotopic (exact) mass is 778 g/mol. The molecule has 2 aromatic heterocycles. The number of aryl methyl sites for hydroxylation is 2. The molecule has 14 heteroatoms. The summed E-state index contributed by atoms with van der Waals surface area (Å²) in [6.45, 7) is 15.0. The number of rotatable bonds is 6. The first-order valence-electron chi connectivity index (χ1n) is 17.6. The lowest BCUT2D eigenvalue weighted by Gasteiger charge is -2.33. The zero-order valence-electron chi connectivity index (χ0n) is 30.1. The Balaban J connectivity index is 1.23. The van der Waals surface area contributed by atoms with Crippen molar-refractivity contribution in [2.24, 2.45) is 0 Å². The van der Waals surface area contributed by atoms with E-state index in [9.17, 15) is 9.59 Å². The molecular weight excluding hydrogens is 734 g/mol. The quantitative estimate of drug-likeness (QED) is 0.193. The molecule has 0 saturated carbocycles. The van der Waals surface area contributed by atoms with Crippen molar-refractivity contribution in [3.05, 3.63) is 56.0 Å². The third-order valence-corrected chi connectivity index (χ3v) is 10.9. The van der Waals surface area contributed by atoms with Crippen LogP contribution in [0.15, 0.2) is 24.3 Å². The van der Waals surface area contributed by atoms with Crippen molar-refractivity contribution in [3.63, 3.8) is 0 Å². The number of carbonyl (C=O) groups excluding carboxylic acids is 2. The van der Waals surface area contributed by atoms with Crippen LogP contribution in [0.2, 0.25) is 20.1 Å². The molecule has 51 heavy (non-hydrogen) atoms. The van der Waals surface area contributed by atoms with Crippen molar-refractivity contribution in [3.8, 4) is 0 Å². The lowest BCUT2D eigenvalue weighted by molar-refractivity contribution is 0.0192. The normalized spacial score (nSPS) is 16.7. The van der Waals surface area contributed by atoms with Crippen molar-refractivity contribution < 1.29 is 19.1 Å². The Bertz CT molecular complexity index is 1790. The molecular formula is C37H46Cl4N6O4. The Morgan fingerprint density at radius 1 is 0.627 bits per heavy atom. The molecule has 2 aliphatic heterocycles. The van der Waals surface area contributed by atoms with E-state index in [1.807, 2.05) is 65.8 Å². The van der Waals surface area contributed by atoms with Gasteiger partial charge in [0.05, 0.1) is 42.2 Å². The van der Waals surface area contributed by atoms with Gasteiger partial charge in [-0.2, -0.15) is 0 Å². The third kappa shape index (κ3) is 8.66. The first-order chi connectivity index (χ1) is 24.0. The molecule has 0 atom stereocenters. The number of imidazole rings is 2. The Hall–Kier alpha value is -2.92. The molecule has 0 unspecified atom stereocenters. The number of hydrogen-bond donors (Lipinski definition) is 0. The summed E-state index contributed by atoms with van der Waals surface area (Å²) in [4.78, 5) is 39.3. The predicted octanol–water partition coefficient (Wildman–Crippen LogP) is 10.3. The van der Waals surface area contributed by atoms with E-state index in [2.05, 4.69) is 9.13 Å². The van der Waals surface area contributed by atoms with Gasteiger partial charge < -0.3 is 28.4 Å². The molecule has 276 valence electrons. The molecule has 6 rings (SSSR count). The highest BCUT2D eigenvalue weighted by molar-refractivity contribution is 6.43. The van der Waals surface area contributed by atoms with Gasteiger partial charge in [0, 0.05) is 51.1 Å². The van der Waals surface area contributed by atoms with Crippen molar-refractivity contribution in [1.29, 1.82) is 0 Å². The SMILES string of the molecule is CC(C)(C)OC(=O)N1CCC(c2nc3cc(Cl)c(Cl)cc3n2CCCn2c(C3CCN(C(=O)OC(C)(C)C)CC3)nc3cc(Cl)c(Cl)cc32)CC1. The van der Waals surface area contributed by atoms with E-state index < -0.39 is 11.2 Å². The lowest BCUT2D eigenvalue weighted by Crippen LogP contribution is -2.41. The fourth-order valence-corrected chi connectivity index (χ4v) is 7.68. The topological polar surface area (TPSA) is 94.7 Å². The molecule has 0 radical (unpaired) electrons. The summed E-state index contributed by atoms with van der Waals surface area (Å²) in [7, 11) is 0. The summed E-state index contributed by atoms with van der Waals surface area (Å²) >= 11 is 26.0. The number of amides is 2. The second kappa shape index (κ2) is 14.8. The largest absolute Gasteiger partial charge is 0.444 e. The van der Waals surface area contributed by atoms with Crippen molar-refractivity contribution in [2.75, 3.05) is 26.2 Å². The summed E-state index contributed by atoms with van der Waals surface area (Å²) in [5.41, 5.74) is 2.34. The number of fused-ring (bicyclic) bond motifs is 2. The van der Waals surface area contributed by atoms with Crippen molar-refractivity contribution >= 4 is 80.7 Å². The Morgan fingerprint density at radius 2 is 0.961 bits per heavy atom. The molecule has 0 bridgehead atoms. The minimum Gasteiger partial charge on any atom is -0.444 e. The maximum atomic E-state index is 12.8. The number of halogens is 4. The van der Waals surface area contributed by atoms with Gasteiger partial charge in [-0.1, -0.05) is 46.4 Å². The van der Waals surface area contributed by atoms with Crippen LogP contribution in [0.25, 0.3) is 22.1 Å². The number of hydrogen-bond acceptors (Lipinski definition) is 6. The van der Waals surface area contributed by atoms with Crippen LogP contribution >= 0.6 is 46.4 Å². The molecule has 4 aromatic rings. The van der Waals surface area contributed by atoms with Crippen LogP contribution in [0.4, 0.5) is 9.59 Å². The standard InChI is InChI=1S/C37H46Cl4N6O4/c1-36(2,3)50-34(48)44-14-8-22(9-15-44)32-42-28-18-24(38)26(40)20-30(28)46(32)12-7-13-47-31-21-27(41)25(39)19-29(31)43-33(47)23-10-16-45(17-11-23)35(49)51-37(4,5)6/h18-23H,7-17H2,1-6H3. The first-order valence-corrected chi connectivity index (χ1v) is 19.1. The van der Waals surface area contributed by atoms with Crippen molar-refractivity contribution in [2.45, 2.75) is 110 Å². The molecule has 4 heterocycles. The van der Waals surface area contributed by atoms with E-state index in [-0.39, 0.29) is 24.0 Å². The maximum Gasteiger partial charge on any atom is 0.410 e. The number of carbonyl (C=O) groups is 2. The minimum absolute atomic E-state index is 0.148. The molecule has 0 spiro atoms. The summed E-state index contributed by atoms with van der Waals surface area (Å²) in [6, 6.07) is 7.44. The summed E-state index contributed by atoms with van der Waals surface area (Å²) in [5, 5.41) is 1.87. The van der Waals surface area contributed by atoms with E-state index in [1.165, 1.54) is 0 Å². The fraction of sp³-hybridized carbons (Fsp3) is 0.568. The average Bonchev–Trinajstić information content (AvgIpc) is 3.57. The van der Waals surface area contributed by atoms with Crippen LogP contribution in [-0.2, 0) is 22.6 Å². The summed E-state index contributed by atoms with van der Waals surface area (Å²) < 4.78 is 15.8. The van der Waals surface area contributed by atoms with Gasteiger partial charge in [0.2, 0.25) is 0 Å². The van der Waals surface area contributed by atoms with Crippen molar-refractivity contribution in [1.82, 2.24) is 28.9 Å². The molecule has 2 fully saturated rings. The van der Waals surface area contributed by atoms with Gasteiger partial charge in [-0.25, -0.2) is 19.6 Å². The van der Waals surface area contributed by atoms with E-state index in [0.717, 1.165) is 65.8 Å². The number of nitrogens with zero attached hydrogens (tertiary/aromatic N) is 6. The van der Waals surface area contributed by atoms with Crippen LogP contribution in [0, 0.1) is 0 Å². The average molecular weight is 781 g/mol. The number of aromatic nitrogens is 4. The summed E-state index contributed by atoms with van der Waals surface area (Å²) in [5.74, 6) is 2.23. The number of ether oxygens (including phenoxy) is 2. The van der Waals surface area contributed by atoms with Crippen LogP contribution in [0.5, 0.6) is 0 Å². The summed E-state index contributed by atoms with van der Waals surface area (Å²) in [6.07, 6.45) is 3.26. The second-order valence-electron chi connectivity index (χ2n) is 15.6. The Labute approximate surface area is 319 Å². The molecule has 0 aliphatic carbocycles. The molecule has 2 saturated heterocycles. The smallest absolute Gasteiger partial charge is 0.410 e. The van der Waals surface area contributed by atoms with E-state index in [1.54, 1.807) is 9.80 Å². The highest BCUT2D eigenvalue weighted by Crippen LogP contribution is 2.37. The van der Waals surface area contributed by atoms with Gasteiger partial charge in [-0.15, -0.1) is 0 Å². The number of benzene rings is 2. The predicted molar refractivity (Wildman–Crippen MR) is 204 cm³/mol. The first kappa shape index (κ1) is 37.8. The Morgan fingerprint density at radius 3 is 1.29 bits per heavy atom. The van der Waals surface area contributed by atoms with Gasteiger partial charge in [-0.3, -0.25) is 0 Å². The molecule has 10 nitrogen and oxygen atoms in total. The zero-order valence-corrected chi connectivity index (χ0v) is 33.1. The van der Waals surface area contributed by atoms with Gasteiger partial charge in [-0.05, 0) is 97.9 Å². The number of piperidine rings is 2. The molecule has 2 aliphatic rings. The number of likely N-dealkylation sites (tertiary alicyclic amines) is 2. The van der Waals surface area contributed by atoms with Crippen LogP contribution < -0.4 is 0 Å². The van der Waals surface area contributed by atoms with Crippen LogP contribution in [0.1, 0.15) is 97.1 Å². The molecule has 0 N–H and O–H groups in total. The second-order valence-corrected chi connectivity index (χ2v) is 17.2. The van der Waals surface area contributed by atoms with Crippen LogP contribution in [0.3, 0.4) is 0 Å². The zero-order chi connectivity index (χ0) is 36.8. The lowest BCUT2D eigenvalue weighted by atomic mass is 9.96. The van der Waals surface area contributed by atoms with Crippen LogP contribution in [-0.4, -0.2) is 78.5 Å². The van der Waals surface area contributed by atoms with Gasteiger partial charge >= 0.3 is 12.2 Å². The highest BCUT2D eigenvalue weighted by Gasteiger charge is 2.32. The minimum atomic E-state index is -0.546.